The normalized spacial score (nSPS) is 30.5. The van der Waals surface area contributed by atoms with E-state index in [1.165, 1.54) is 22.7 Å². The number of imidazole rings is 1. The number of carbonyl (C=O) groups excluding carboxylic acids is 2. The van der Waals surface area contributed by atoms with Crippen LogP contribution in [0.5, 0.6) is 0 Å². The number of rotatable bonds is 7. The highest BCUT2D eigenvalue weighted by molar-refractivity contribution is 8.03. The second-order valence-electron chi connectivity index (χ2n) is 9.71. The first-order valence-electron chi connectivity index (χ1n) is 11.8. The standard InChI is InChI=1S/C24H29N5O6S/c1-5-10-35-23(34)27-12-15(11-24(27,4)26-8-9-28-16(26)6-7-25-28)36-20-13(2)18-17(14(3)30)21(31)29(18)19(20)22(32)33/h5-9,13-15,17-18,30H,1,10-12H2,2-4H3,(H,32,33)/t13-,14-,15+,17-,18-,24+/m1/s1. The van der Waals surface area contributed by atoms with Crippen LogP contribution in [0.15, 0.2) is 47.9 Å². The van der Waals surface area contributed by atoms with Crippen molar-refractivity contribution in [1.29, 1.82) is 0 Å². The molecule has 2 N–H and O–H groups in total. The maximum Gasteiger partial charge on any atom is 0.411 e. The molecular formula is C24H29N5O6S. The number of hydrogen-bond donors (Lipinski definition) is 2. The number of ether oxygens (including phenoxy) is 1. The first kappa shape index (κ1) is 24.4. The molecular weight excluding hydrogens is 486 g/mol. The van der Waals surface area contributed by atoms with Crippen molar-refractivity contribution < 1.29 is 29.3 Å². The van der Waals surface area contributed by atoms with Crippen LogP contribution in [0.25, 0.3) is 5.65 Å². The maximum absolute atomic E-state index is 13.1. The Bertz CT molecular complexity index is 1280. The fraction of sp³-hybridized carbons (Fsp3) is 0.500. The van der Waals surface area contributed by atoms with E-state index in [0.717, 1.165) is 5.65 Å². The SMILES string of the molecule is C=CCOC(=O)N1C[C@@H](SC2=C(C(=O)O)N3C(=O)[C@H]([C@@H](C)O)[C@H]3[C@H]2C)C[C@@]1(C)n1ccn2nccc12. The van der Waals surface area contributed by atoms with Crippen LogP contribution in [0.2, 0.25) is 0 Å². The summed E-state index contributed by atoms with van der Waals surface area (Å²) in [4.78, 5) is 41.6. The van der Waals surface area contributed by atoms with Gasteiger partial charge in [-0.3, -0.25) is 9.69 Å². The number of aliphatic carboxylic acids is 1. The lowest BCUT2D eigenvalue weighted by Crippen LogP contribution is -2.63. The third kappa shape index (κ3) is 3.46. The maximum atomic E-state index is 13.1. The van der Waals surface area contributed by atoms with Crippen molar-refractivity contribution in [2.75, 3.05) is 13.2 Å². The summed E-state index contributed by atoms with van der Waals surface area (Å²) in [5.41, 5.74) is -0.0178. The van der Waals surface area contributed by atoms with Gasteiger partial charge in [0, 0.05) is 47.5 Å². The Morgan fingerprint density at radius 3 is 2.83 bits per heavy atom. The van der Waals surface area contributed by atoms with Gasteiger partial charge in [0.05, 0.1) is 24.3 Å². The Morgan fingerprint density at radius 1 is 1.42 bits per heavy atom. The highest BCUT2D eigenvalue weighted by atomic mass is 32.2. The predicted octanol–water partition coefficient (Wildman–Crippen LogP) is 2.09. The molecule has 5 heterocycles. The molecule has 2 saturated heterocycles. The molecule has 0 aromatic carbocycles. The van der Waals surface area contributed by atoms with Gasteiger partial charge in [-0.05, 0) is 13.8 Å². The Balaban J connectivity index is 1.48. The topological polar surface area (TPSA) is 130 Å². The summed E-state index contributed by atoms with van der Waals surface area (Å²) in [5.74, 6) is -2.41. The first-order chi connectivity index (χ1) is 17.1. The van der Waals surface area contributed by atoms with Crippen LogP contribution in [0.3, 0.4) is 0 Å². The van der Waals surface area contributed by atoms with E-state index < -0.39 is 29.7 Å². The molecule has 3 aliphatic rings. The highest BCUT2D eigenvalue weighted by Crippen LogP contribution is 2.53. The second-order valence-corrected chi connectivity index (χ2v) is 11.1. The molecule has 0 bridgehead atoms. The molecule has 2 aromatic rings. The number of carboxylic acid groups (broad SMARTS) is 1. The van der Waals surface area contributed by atoms with Crippen molar-refractivity contribution in [2.24, 2.45) is 11.8 Å². The second kappa shape index (κ2) is 8.70. The molecule has 0 spiro atoms. The smallest absolute Gasteiger partial charge is 0.411 e. The fourth-order valence-electron chi connectivity index (χ4n) is 5.88. The van der Waals surface area contributed by atoms with E-state index in [-0.39, 0.29) is 35.4 Å². The molecule has 0 saturated carbocycles. The molecule has 36 heavy (non-hydrogen) atoms. The number of thioether (sulfide) groups is 1. The highest BCUT2D eigenvalue weighted by Gasteiger charge is 2.60. The van der Waals surface area contributed by atoms with Crippen LogP contribution in [-0.4, -0.2) is 82.7 Å². The molecule has 192 valence electrons. The Kier molecular flexibility index (Phi) is 5.91. The molecule has 2 amide bonds. The van der Waals surface area contributed by atoms with Crippen molar-refractivity contribution >= 4 is 35.4 Å². The molecule has 6 atom stereocenters. The van der Waals surface area contributed by atoms with Crippen molar-refractivity contribution in [3.05, 3.63) is 47.9 Å². The summed E-state index contributed by atoms with van der Waals surface area (Å²) in [6, 6.07) is 1.47. The van der Waals surface area contributed by atoms with Gasteiger partial charge >= 0.3 is 12.1 Å². The van der Waals surface area contributed by atoms with Gasteiger partial charge in [-0.25, -0.2) is 14.1 Å². The number of carbonyl (C=O) groups is 3. The number of fused-ring (bicyclic) bond motifs is 2. The zero-order chi connectivity index (χ0) is 25.9. The average molecular weight is 516 g/mol. The molecule has 0 aliphatic carbocycles. The van der Waals surface area contributed by atoms with E-state index in [1.807, 2.05) is 36.9 Å². The zero-order valence-electron chi connectivity index (χ0n) is 20.3. The molecule has 3 aliphatic heterocycles. The molecule has 12 heteroatoms. The van der Waals surface area contributed by atoms with Crippen LogP contribution in [-0.2, 0) is 20.0 Å². The molecule has 0 unspecified atom stereocenters. The minimum Gasteiger partial charge on any atom is -0.477 e. The van der Waals surface area contributed by atoms with Crippen LogP contribution in [0.1, 0.15) is 27.2 Å². The monoisotopic (exact) mass is 515 g/mol. The summed E-state index contributed by atoms with van der Waals surface area (Å²) in [6.45, 7) is 9.39. The molecule has 2 aromatic heterocycles. The number of nitrogens with zero attached hydrogens (tertiary/aromatic N) is 5. The number of aliphatic hydroxyl groups is 1. The lowest BCUT2D eigenvalue weighted by Gasteiger charge is -2.46. The van der Waals surface area contributed by atoms with Crippen molar-refractivity contribution in [2.45, 2.75) is 50.3 Å². The summed E-state index contributed by atoms with van der Waals surface area (Å²) < 4.78 is 9.09. The van der Waals surface area contributed by atoms with Crippen LogP contribution >= 0.6 is 11.8 Å². The fourth-order valence-corrected chi connectivity index (χ4v) is 7.51. The quantitative estimate of drug-likeness (QED) is 0.424. The van der Waals surface area contributed by atoms with Crippen molar-refractivity contribution in [1.82, 2.24) is 24.0 Å². The summed E-state index contributed by atoms with van der Waals surface area (Å²) in [7, 11) is 0. The molecule has 5 rings (SSSR count). The Hall–Kier alpha value is -3.25. The number of hydrogen-bond acceptors (Lipinski definition) is 7. The van der Waals surface area contributed by atoms with E-state index in [2.05, 4.69) is 11.7 Å². The Morgan fingerprint density at radius 2 is 2.17 bits per heavy atom. The average Bonchev–Trinajstić information content (AvgIpc) is 3.55. The van der Waals surface area contributed by atoms with Gasteiger partial charge in [-0.15, -0.1) is 11.8 Å². The number of carboxylic acids is 1. The number of aromatic nitrogens is 3. The minimum absolute atomic E-state index is 0.0204. The number of amides is 2. The van der Waals surface area contributed by atoms with E-state index in [4.69, 9.17) is 4.74 Å². The van der Waals surface area contributed by atoms with Crippen LogP contribution in [0, 0.1) is 11.8 Å². The number of β-lactam (4-membered cyclic amide) rings is 1. The lowest BCUT2D eigenvalue weighted by atomic mass is 9.79. The molecule has 0 radical (unpaired) electrons. The summed E-state index contributed by atoms with van der Waals surface area (Å²) in [5, 5.41) is 24.2. The molecule has 2 fully saturated rings. The van der Waals surface area contributed by atoms with Gasteiger partial charge < -0.3 is 24.4 Å². The third-order valence-corrected chi connectivity index (χ3v) is 8.97. The molecule has 11 nitrogen and oxygen atoms in total. The van der Waals surface area contributed by atoms with Gasteiger partial charge in [-0.1, -0.05) is 19.6 Å². The van der Waals surface area contributed by atoms with E-state index in [0.29, 0.717) is 17.9 Å². The van der Waals surface area contributed by atoms with E-state index >= 15 is 0 Å². The number of likely N-dealkylation sites (tertiary alicyclic amines) is 1. The van der Waals surface area contributed by atoms with Crippen LogP contribution < -0.4 is 0 Å². The third-order valence-electron chi connectivity index (χ3n) is 7.50. The number of aliphatic hydroxyl groups excluding tert-OH is 1. The lowest BCUT2D eigenvalue weighted by molar-refractivity contribution is -0.163. The first-order valence-corrected chi connectivity index (χ1v) is 12.7. The van der Waals surface area contributed by atoms with E-state index in [9.17, 15) is 24.6 Å². The zero-order valence-corrected chi connectivity index (χ0v) is 21.1. The summed E-state index contributed by atoms with van der Waals surface area (Å²) in [6.07, 6.45) is 6.02. The van der Waals surface area contributed by atoms with Crippen molar-refractivity contribution in [3.63, 3.8) is 0 Å². The largest absolute Gasteiger partial charge is 0.477 e. The Labute approximate surface area is 212 Å². The van der Waals surface area contributed by atoms with Gasteiger partial charge in [0.25, 0.3) is 0 Å². The van der Waals surface area contributed by atoms with Gasteiger partial charge in [0.15, 0.2) is 0 Å². The van der Waals surface area contributed by atoms with Crippen LogP contribution in [0.4, 0.5) is 4.79 Å². The van der Waals surface area contributed by atoms with Gasteiger partial charge in [0.2, 0.25) is 5.91 Å². The van der Waals surface area contributed by atoms with Gasteiger partial charge in [-0.2, -0.15) is 5.10 Å². The minimum atomic E-state index is -1.17. The predicted molar refractivity (Wildman–Crippen MR) is 131 cm³/mol. The van der Waals surface area contributed by atoms with E-state index in [1.54, 1.807) is 22.5 Å². The van der Waals surface area contributed by atoms with Gasteiger partial charge in [0.1, 0.15) is 23.6 Å². The van der Waals surface area contributed by atoms with Crippen molar-refractivity contribution in [3.8, 4) is 0 Å². The summed E-state index contributed by atoms with van der Waals surface area (Å²) >= 11 is 1.39.